The maximum atomic E-state index is 11.5. The largest absolute Gasteiger partial charge is 0.483 e. The number of benzene rings is 1. The highest BCUT2D eigenvalue weighted by atomic mass is 16.5. The summed E-state index contributed by atoms with van der Waals surface area (Å²) in [5, 5.41) is 0. The first-order valence-electron chi connectivity index (χ1n) is 6.25. The quantitative estimate of drug-likeness (QED) is 0.773. The van der Waals surface area contributed by atoms with Crippen molar-refractivity contribution in [1.29, 1.82) is 0 Å². The highest BCUT2D eigenvalue weighted by Crippen LogP contribution is 2.23. The summed E-state index contributed by atoms with van der Waals surface area (Å²) in [4.78, 5) is 11.5. The Morgan fingerprint density at radius 3 is 2.41 bits per heavy atom. The molecule has 1 rings (SSSR count). The predicted molar refractivity (Wildman–Crippen MR) is 70.7 cm³/mol. The zero-order valence-corrected chi connectivity index (χ0v) is 11.4. The van der Waals surface area contributed by atoms with Gasteiger partial charge in [0.15, 0.2) is 11.9 Å². The molecule has 0 spiro atoms. The van der Waals surface area contributed by atoms with Gasteiger partial charge in [-0.15, -0.1) is 0 Å². The second kappa shape index (κ2) is 5.85. The molecule has 1 atom stereocenters. The molecule has 0 radical (unpaired) electrons. The first kappa shape index (κ1) is 13.8. The first-order chi connectivity index (χ1) is 7.93. The smallest absolute Gasteiger partial charge is 0.172 e. The molecule has 2 nitrogen and oxygen atoms in total. The van der Waals surface area contributed by atoms with Gasteiger partial charge in [0, 0.05) is 6.42 Å². The van der Waals surface area contributed by atoms with Crippen molar-refractivity contribution in [3.63, 3.8) is 0 Å². The first-order valence-corrected chi connectivity index (χ1v) is 6.25. The number of hydrogen-bond donors (Lipinski definition) is 0. The number of ether oxygens (including phenoxy) is 1. The monoisotopic (exact) mass is 234 g/mol. The van der Waals surface area contributed by atoms with Crippen LogP contribution in [0.4, 0.5) is 0 Å². The highest BCUT2D eigenvalue weighted by molar-refractivity contribution is 5.82. The van der Waals surface area contributed by atoms with Crippen molar-refractivity contribution in [1.82, 2.24) is 0 Å². The van der Waals surface area contributed by atoms with Gasteiger partial charge >= 0.3 is 0 Å². The van der Waals surface area contributed by atoms with Crippen LogP contribution < -0.4 is 4.74 Å². The minimum Gasteiger partial charge on any atom is -0.483 e. The van der Waals surface area contributed by atoms with Crippen molar-refractivity contribution in [3.05, 3.63) is 29.3 Å². The molecule has 0 aliphatic carbocycles. The molecule has 0 aliphatic heterocycles. The third kappa shape index (κ3) is 3.88. The molecule has 1 unspecified atom stereocenters. The summed E-state index contributed by atoms with van der Waals surface area (Å²) in [7, 11) is 0. The lowest BCUT2D eigenvalue weighted by atomic mass is 10.0. The molecule has 94 valence electrons. The van der Waals surface area contributed by atoms with Crippen molar-refractivity contribution in [3.8, 4) is 5.75 Å². The van der Waals surface area contributed by atoms with E-state index >= 15 is 0 Å². The second-order valence-electron chi connectivity index (χ2n) is 4.81. The Hall–Kier alpha value is -1.31. The zero-order valence-electron chi connectivity index (χ0n) is 11.4. The van der Waals surface area contributed by atoms with Crippen molar-refractivity contribution in [2.24, 2.45) is 0 Å². The lowest BCUT2D eigenvalue weighted by molar-refractivity contribution is -0.124. The van der Waals surface area contributed by atoms with Crippen molar-refractivity contribution in [2.75, 3.05) is 0 Å². The zero-order chi connectivity index (χ0) is 13.0. The molecule has 1 aromatic carbocycles. The van der Waals surface area contributed by atoms with Crippen LogP contribution in [0.3, 0.4) is 0 Å². The Labute approximate surface area is 104 Å². The summed E-state index contributed by atoms with van der Waals surface area (Å²) in [5.74, 6) is 1.40. The lowest BCUT2D eigenvalue weighted by Crippen LogP contribution is -2.22. The summed E-state index contributed by atoms with van der Waals surface area (Å²) in [5.41, 5.74) is 2.42. The van der Waals surface area contributed by atoms with E-state index < -0.39 is 0 Å². The van der Waals surface area contributed by atoms with Gasteiger partial charge in [-0.25, -0.2) is 0 Å². The van der Waals surface area contributed by atoms with E-state index in [-0.39, 0.29) is 11.9 Å². The molecular weight excluding hydrogens is 212 g/mol. The molecule has 0 bridgehead atoms. The van der Waals surface area contributed by atoms with Gasteiger partial charge in [0.25, 0.3) is 0 Å². The molecule has 0 N–H and O–H groups in total. The van der Waals surface area contributed by atoms with Crippen LogP contribution in [0.2, 0.25) is 0 Å². The van der Waals surface area contributed by atoms with E-state index in [1.165, 1.54) is 11.1 Å². The minimum absolute atomic E-state index is 0.137. The van der Waals surface area contributed by atoms with Crippen LogP contribution in [-0.4, -0.2) is 11.9 Å². The molecule has 0 aromatic heterocycles. The maximum Gasteiger partial charge on any atom is 0.172 e. The Morgan fingerprint density at radius 1 is 1.24 bits per heavy atom. The van der Waals surface area contributed by atoms with E-state index in [2.05, 4.69) is 19.9 Å². The predicted octanol–water partition coefficient (Wildman–Crippen LogP) is 3.86. The second-order valence-corrected chi connectivity index (χ2v) is 4.81. The number of aryl methyl sites for hydroxylation is 1. The summed E-state index contributed by atoms with van der Waals surface area (Å²) in [6.45, 7) is 10.0. The number of carbonyl (C=O) groups excluding carboxylic acids is 1. The summed E-state index contributed by atoms with van der Waals surface area (Å²) in [6, 6.07) is 6.16. The molecule has 17 heavy (non-hydrogen) atoms. The van der Waals surface area contributed by atoms with Crippen LogP contribution in [0.5, 0.6) is 5.75 Å². The van der Waals surface area contributed by atoms with Crippen LogP contribution in [-0.2, 0) is 4.79 Å². The van der Waals surface area contributed by atoms with Crippen molar-refractivity contribution < 1.29 is 9.53 Å². The minimum atomic E-state index is -0.359. The molecule has 0 aliphatic rings. The van der Waals surface area contributed by atoms with Gasteiger partial charge in [-0.05, 0) is 43.0 Å². The van der Waals surface area contributed by atoms with Gasteiger partial charge in [-0.1, -0.05) is 26.8 Å². The SMILES string of the molecule is CCC(=O)C(C)Oc1cc(C)cc(C(C)C)c1. The summed E-state index contributed by atoms with van der Waals surface area (Å²) in [6.07, 6.45) is 0.158. The van der Waals surface area contributed by atoms with Crippen molar-refractivity contribution >= 4 is 5.78 Å². The van der Waals surface area contributed by atoms with E-state index in [0.29, 0.717) is 12.3 Å². The fourth-order valence-corrected chi connectivity index (χ4v) is 1.74. The summed E-state index contributed by atoms with van der Waals surface area (Å²) >= 11 is 0. The summed E-state index contributed by atoms with van der Waals surface area (Å²) < 4.78 is 5.69. The number of rotatable bonds is 5. The van der Waals surface area contributed by atoms with Crippen LogP contribution in [0, 0.1) is 6.92 Å². The van der Waals surface area contributed by atoms with Crippen LogP contribution in [0.15, 0.2) is 18.2 Å². The van der Waals surface area contributed by atoms with E-state index in [0.717, 1.165) is 5.75 Å². The third-order valence-electron chi connectivity index (χ3n) is 2.85. The molecule has 1 aromatic rings. The molecule has 0 saturated carbocycles. The van der Waals surface area contributed by atoms with Crippen LogP contribution in [0.1, 0.15) is 51.2 Å². The molecule has 0 heterocycles. The van der Waals surface area contributed by atoms with Crippen molar-refractivity contribution in [2.45, 2.75) is 53.1 Å². The molecule has 0 saturated heterocycles. The fraction of sp³-hybridized carbons (Fsp3) is 0.533. The maximum absolute atomic E-state index is 11.5. The third-order valence-corrected chi connectivity index (χ3v) is 2.85. The molecule has 2 heteroatoms. The molecule has 0 amide bonds. The number of hydrogen-bond acceptors (Lipinski definition) is 2. The van der Waals surface area contributed by atoms with Gasteiger partial charge in [-0.3, -0.25) is 4.79 Å². The highest BCUT2D eigenvalue weighted by Gasteiger charge is 2.13. The Kier molecular flexibility index (Phi) is 4.73. The van der Waals surface area contributed by atoms with Crippen LogP contribution in [0.25, 0.3) is 0 Å². The lowest BCUT2D eigenvalue weighted by Gasteiger charge is -2.15. The van der Waals surface area contributed by atoms with E-state index in [1.807, 2.05) is 32.9 Å². The number of carbonyl (C=O) groups is 1. The molecule has 0 fully saturated rings. The average molecular weight is 234 g/mol. The van der Waals surface area contributed by atoms with Gasteiger partial charge in [0.2, 0.25) is 0 Å². The Balaban J connectivity index is 2.87. The number of ketones is 1. The Bertz CT molecular complexity index is 394. The van der Waals surface area contributed by atoms with E-state index in [1.54, 1.807) is 0 Å². The fourth-order valence-electron chi connectivity index (χ4n) is 1.74. The van der Waals surface area contributed by atoms with Gasteiger partial charge in [-0.2, -0.15) is 0 Å². The van der Waals surface area contributed by atoms with Gasteiger partial charge in [0.05, 0.1) is 0 Å². The average Bonchev–Trinajstić information content (AvgIpc) is 2.26. The standard InChI is InChI=1S/C15H22O2/c1-6-15(16)12(5)17-14-8-11(4)7-13(9-14)10(2)3/h7-10,12H,6H2,1-5H3. The Morgan fingerprint density at radius 2 is 1.88 bits per heavy atom. The topological polar surface area (TPSA) is 26.3 Å². The normalized spacial score (nSPS) is 12.6. The number of Topliss-reactive ketones (excluding diaryl/α,β-unsaturated/α-hetero) is 1. The molecular formula is C15H22O2. The van der Waals surface area contributed by atoms with E-state index in [4.69, 9.17) is 4.74 Å². The van der Waals surface area contributed by atoms with Gasteiger partial charge in [0.1, 0.15) is 5.75 Å². The van der Waals surface area contributed by atoms with Crippen LogP contribution >= 0.6 is 0 Å². The van der Waals surface area contributed by atoms with E-state index in [9.17, 15) is 4.79 Å². The van der Waals surface area contributed by atoms with Gasteiger partial charge < -0.3 is 4.74 Å².